The molecule has 66 valence electrons. The van der Waals surface area contributed by atoms with E-state index in [1.165, 1.54) is 0 Å². The average Bonchev–Trinajstić information content (AvgIpc) is 2.49. The molecule has 1 N–H and O–H groups in total. The van der Waals surface area contributed by atoms with E-state index >= 15 is 0 Å². The highest BCUT2D eigenvalue weighted by molar-refractivity contribution is 5.81. The van der Waals surface area contributed by atoms with Crippen molar-refractivity contribution in [3.05, 3.63) is 36.0 Å². The summed E-state index contributed by atoms with van der Waals surface area (Å²) < 4.78 is 0. The molecule has 1 aromatic heterocycles. The van der Waals surface area contributed by atoms with Gasteiger partial charge in [0, 0.05) is 24.1 Å². The Balaban J connectivity index is 2.42. The Bertz CT molecular complexity index is 445. The minimum absolute atomic E-state index is 0.0328. The molecule has 0 aliphatic carbocycles. The lowest BCUT2D eigenvalue weighted by Crippen LogP contribution is -2.24. The lowest BCUT2D eigenvalue weighted by molar-refractivity contribution is -0.304. The Morgan fingerprint density at radius 1 is 1.38 bits per heavy atom. The summed E-state index contributed by atoms with van der Waals surface area (Å²) in [6.45, 7) is 0. The van der Waals surface area contributed by atoms with Crippen LogP contribution in [0.25, 0.3) is 10.9 Å². The zero-order chi connectivity index (χ0) is 9.26. The number of carbonyl (C=O) groups is 1. The Labute approximate surface area is 75.0 Å². The number of carboxylic acids is 1. The number of hydrogen-bond donors (Lipinski definition) is 1. The van der Waals surface area contributed by atoms with Crippen LogP contribution in [0, 0.1) is 0 Å². The van der Waals surface area contributed by atoms with Crippen LogP contribution in [0.15, 0.2) is 30.5 Å². The van der Waals surface area contributed by atoms with E-state index in [9.17, 15) is 9.90 Å². The summed E-state index contributed by atoms with van der Waals surface area (Å²) in [6, 6.07) is 7.46. The molecular formula is C10H8NO2-. The van der Waals surface area contributed by atoms with Crippen LogP contribution in [0.3, 0.4) is 0 Å². The van der Waals surface area contributed by atoms with Crippen molar-refractivity contribution in [3.8, 4) is 0 Å². The first-order chi connectivity index (χ1) is 6.25. The van der Waals surface area contributed by atoms with E-state index in [-0.39, 0.29) is 6.42 Å². The van der Waals surface area contributed by atoms with Gasteiger partial charge in [0.1, 0.15) is 0 Å². The van der Waals surface area contributed by atoms with Crippen molar-refractivity contribution in [2.24, 2.45) is 0 Å². The predicted molar refractivity (Wildman–Crippen MR) is 47.0 cm³/mol. The fourth-order valence-electron chi connectivity index (χ4n) is 1.37. The zero-order valence-corrected chi connectivity index (χ0v) is 6.91. The van der Waals surface area contributed by atoms with Crippen LogP contribution in [-0.4, -0.2) is 11.0 Å². The van der Waals surface area contributed by atoms with Gasteiger partial charge in [-0.25, -0.2) is 0 Å². The van der Waals surface area contributed by atoms with Gasteiger partial charge in [-0.1, -0.05) is 12.1 Å². The minimum Gasteiger partial charge on any atom is -0.550 e. The quantitative estimate of drug-likeness (QED) is 0.719. The Hall–Kier alpha value is -1.77. The summed E-state index contributed by atoms with van der Waals surface area (Å²) in [6.07, 6.45) is 1.79. The van der Waals surface area contributed by atoms with Crippen molar-refractivity contribution in [1.82, 2.24) is 4.98 Å². The number of H-pyrrole nitrogens is 1. The van der Waals surface area contributed by atoms with E-state index < -0.39 is 5.97 Å². The molecule has 0 atom stereocenters. The molecule has 0 saturated carbocycles. The SMILES string of the molecule is O=C([O-])Cc1ccc2cc[nH]c2c1. The standard InChI is InChI=1S/C10H9NO2/c12-10(13)6-7-1-2-8-3-4-11-9(8)5-7/h1-5,11H,6H2,(H,12,13)/p-1. The monoisotopic (exact) mass is 174 g/mol. The zero-order valence-electron chi connectivity index (χ0n) is 6.91. The topological polar surface area (TPSA) is 55.9 Å². The molecule has 1 aromatic carbocycles. The first-order valence-electron chi connectivity index (χ1n) is 4.01. The Morgan fingerprint density at radius 2 is 2.23 bits per heavy atom. The Kier molecular flexibility index (Phi) is 1.77. The van der Waals surface area contributed by atoms with E-state index in [0.29, 0.717) is 0 Å². The van der Waals surface area contributed by atoms with Crippen molar-refractivity contribution >= 4 is 16.9 Å². The number of carboxylic acid groups (broad SMARTS) is 1. The number of rotatable bonds is 2. The third-order valence-corrected chi connectivity index (χ3v) is 1.97. The van der Waals surface area contributed by atoms with Gasteiger partial charge >= 0.3 is 0 Å². The molecule has 0 radical (unpaired) electrons. The highest BCUT2D eigenvalue weighted by Crippen LogP contribution is 2.14. The highest BCUT2D eigenvalue weighted by Gasteiger charge is 1.96. The van der Waals surface area contributed by atoms with E-state index in [4.69, 9.17) is 0 Å². The summed E-state index contributed by atoms with van der Waals surface area (Å²) in [7, 11) is 0. The predicted octanol–water partition coefficient (Wildman–Crippen LogP) is 0.460. The van der Waals surface area contributed by atoms with Crippen molar-refractivity contribution in [2.75, 3.05) is 0 Å². The first-order valence-corrected chi connectivity index (χ1v) is 4.01. The minimum atomic E-state index is -1.05. The molecule has 2 rings (SSSR count). The number of hydrogen-bond acceptors (Lipinski definition) is 2. The molecule has 0 unspecified atom stereocenters. The van der Waals surface area contributed by atoms with Crippen molar-refractivity contribution in [2.45, 2.75) is 6.42 Å². The molecule has 0 spiro atoms. The van der Waals surface area contributed by atoms with Gasteiger partial charge in [0.25, 0.3) is 0 Å². The second kappa shape index (κ2) is 2.94. The number of nitrogens with one attached hydrogen (secondary N) is 1. The van der Waals surface area contributed by atoms with Gasteiger partial charge in [-0.3, -0.25) is 0 Å². The first kappa shape index (κ1) is 7.86. The van der Waals surface area contributed by atoms with E-state index in [2.05, 4.69) is 4.98 Å². The maximum Gasteiger partial charge on any atom is 0.0458 e. The molecule has 0 saturated heterocycles. The van der Waals surface area contributed by atoms with E-state index in [1.54, 1.807) is 6.07 Å². The third kappa shape index (κ3) is 1.54. The van der Waals surface area contributed by atoms with Crippen LogP contribution in [0.4, 0.5) is 0 Å². The van der Waals surface area contributed by atoms with Crippen LogP contribution in [0.5, 0.6) is 0 Å². The fourth-order valence-corrected chi connectivity index (χ4v) is 1.37. The molecule has 0 bridgehead atoms. The maximum absolute atomic E-state index is 10.3. The van der Waals surface area contributed by atoms with Crippen molar-refractivity contribution in [1.29, 1.82) is 0 Å². The Morgan fingerprint density at radius 3 is 3.00 bits per heavy atom. The van der Waals surface area contributed by atoms with Crippen LogP contribution < -0.4 is 5.11 Å². The van der Waals surface area contributed by atoms with Crippen LogP contribution >= 0.6 is 0 Å². The normalized spacial score (nSPS) is 10.5. The van der Waals surface area contributed by atoms with E-state index in [0.717, 1.165) is 16.5 Å². The van der Waals surface area contributed by atoms with Crippen LogP contribution in [0.1, 0.15) is 5.56 Å². The molecule has 0 amide bonds. The molecule has 3 nitrogen and oxygen atoms in total. The number of benzene rings is 1. The number of aromatic amines is 1. The molecule has 0 aliphatic heterocycles. The van der Waals surface area contributed by atoms with E-state index in [1.807, 2.05) is 24.4 Å². The van der Waals surface area contributed by atoms with Gasteiger partial charge in [-0.05, 0) is 23.1 Å². The van der Waals surface area contributed by atoms with Crippen LogP contribution in [0.2, 0.25) is 0 Å². The molecule has 1 heterocycles. The van der Waals surface area contributed by atoms with Crippen molar-refractivity contribution in [3.63, 3.8) is 0 Å². The average molecular weight is 174 g/mol. The summed E-state index contributed by atoms with van der Waals surface area (Å²) in [4.78, 5) is 13.3. The highest BCUT2D eigenvalue weighted by atomic mass is 16.4. The molecule has 0 fully saturated rings. The van der Waals surface area contributed by atoms with Crippen LogP contribution in [-0.2, 0) is 11.2 Å². The second-order valence-corrected chi connectivity index (χ2v) is 2.95. The van der Waals surface area contributed by atoms with Gasteiger partial charge < -0.3 is 14.9 Å². The molecule has 2 aromatic rings. The molecule has 13 heavy (non-hydrogen) atoms. The lowest BCUT2D eigenvalue weighted by atomic mass is 10.1. The largest absolute Gasteiger partial charge is 0.550 e. The summed E-state index contributed by atoms with van der Waals surface area (Å²) in [5, 5.41) is 11.4. The molecular weight excluding hydrogens is 166 g/mol. The van der Waals surface area contributed by atoms with Gasteiger partial charge in [0.15, 0.2) is 0 Å². The van der Waals surface area contributed by atoms with Crippen molar-refractivity contribution < 1.29 is 9.90 Å². The second-order valence-electron chi connectivity index (χ2n) is 2.95. The molecule has 0 aliphatic rings. The lowest BCUT2D eigenvalue weighted by Gasteiger charge is -2.01. The fraction of sp³-hybridized carbons (Fsp3) is 0.100. The summed E-state index contributed by atoms with van der Waals surface area (Å²) in [5.41, 5.74) is 1.72. The van der Waals surface area contributed by atoms with Gasteiger partial charge in [0.05, 0.1) is 0 Å². The number of aromatic nitrogens is 1. The smallest absolute Gasteiger partial charge is 0.0458 e. The summed E-state index contributed by atoms with van der Waals surface area (Å²) >= 11 is 0. The van der Waals surface area contributed by atoms with Gasteiger partial charge in [-0.2, -0.15) is 0 Å². The van der Waals surface area contributed by atoms with Gasteiger partial charge in [-0.15, -0.1) is 0 Å². The summed E-state index contributed by atoms with van der Waals surface area (Å²) in [5.74, 6) is -1.05. The molecule has 3 heteroatoms. The maximum atomic E-state index is 10.3. The third-order valence-electron chi connectivity index (χ3n) is 1.97. The number of fused-ring (bicyclic) bond motifs is 1. The number of carbonyl (C=O) groups excluding carboxylic acids is 1. The number of aliphatic carboxylic acids is 1. The van der Waals surface area contributed by atoms with Gasteiger partial charge in [0.2, 0.25) is 0 Å².